The highest BCUT2D eigenvalue weighted by Gasteiger charge is 2.12. The van der Waals surface area contributed by atoms with Gasteiger partial charge < -0.3 is 14.5 Å². The molecule has 2 aromatic carbocycles. The van der Waals surface area contributed by atoms with E-state index >= 15 is 0 Å². The maximum absolute atomic E-state index is 12.2. The number of hydrogen-bond donors (Lipinski definition) is 1. The van der Waals surface area contributed by atoms with Gasteiger partial charge in [0, 0.05) is 14.8 Å². The van der Waals surface area contributed by atoms with Gasteiger partial charge in [-0.3, -0.25) is 4.79 Å². The number of hydrogen-bond acceptors (Lipinski definition) is 7. The van der Waals surface area contributed by atoms with Gasteiger partial charge in [0.2, 0.25) is 11.8 Å². The van der Waals surface area contributed by atoms with Gasteiger partial charge in [0.15, 0.2) is 0 Å². The average molecular weight is 509 g/mol. The van der Waals surface area contributed by atoms with E-state index in [4.69, 9.17) is 9.15 Å². The second-order valence-corrected chi connectivity index (χ2v) is 7.69. The molecule has 0 radical (unpaired) electrons. The number of anilines is 1. The van der Waals surface area contributed by atoms with Gasteiger partial charge in [0.05, 0.1) is 17.9 Å². The van der Waals surface area contributed by atoms with E-state index in [0.29, 0.717) is 29.0 Å². The zero-order valence-corrected chi connectivity index (χ0v) is 17.8. The van der Waals surface area contributed by atoms with E-state index in [2.05, 4.69) is 38.1 Å². The number of esters is 1. The Hall–Kier alpha value is -2.40. The topological polar surface area (TPSA) is 94.3 Å². The third-order valence-corrected chi connectivity index (χ3v) is 5.02. The third kappa shape index (κ3) is 5.55. The second-order valence-electron chi connectivity index (χ2n) is 5.52. The predicted molar refractivity (Wildman–Crippen MR) is 114 cm³/mol. The molecule has 7 nitrogen and oxygen atoms in total. The molecule has 0 aliphatic carbocycles. The molecular formula is C19H16IN3O4S. The first-order valence-corrected chi connectivity index (χ1v) is 10.4. The van der Waals surface area contributed by atoms with Crippen LogP contribution in [-0.2, 0) is 9.53 Å². The summed E-state index contributed by atoms with van der Waals surface area (Å²) in [7, 11) is 0. The Morgan fingerprint density at radius 2 is 1.96 bits per heavy atom. The van der Waals surface area contributed by atoms with Crippen molar-refractivity contribution in [2.75, 3.05) is 17.7 Å². The summed E-state index contributed by atoms with van der Waals surface area (Å²) in [5.74, 6) is -0.179. The van der Waals surface area contributed by atoms with Crippen molar-refractivity contribution in [1.82, 2.24) is 10.2 Å². The zero-order valence-electron chi connectivity index (χ0n) is 14.8. The monoisotopic (exact) mass is 509 g/mol. The van der Waals surface area contributed by atoms with Crippen molar-refractivity contribution in [1.29, 1.82) is 0 Å². The van der Waals surface area contributed by atoms with E-state index in [1.165, 1.54) is 0 Å². The highest BCUT2D eigenvalue weighted by Crippen LogP contribution is 2.24. The van der Waals surface area contributed by atoms with Gasteiger partial charge in [-0.1, -0.05) is 17.8 Å². The number of thioether (sulfide) groups is 1. The number of nitrogens with zero attached hydrogens (tertiary/aromatic N) is 2. The van der Waals surface area contributed by atoms with E-state index in [1.807, 2.05) is 24.3 Å². The summed E-state index contributed by atoms with van der Waals surface area (Å²) in [6.07, 6.45) is 0. The first kappa shape index (κ1) is 20.3. The molecule has 1 N–H and O–H groups in total. The number of amides is 1. The summed E-state index contributed by atoms with van der Waals surface area (Å²) in [5.41, 5.74) is 1.72. The van der Waals surface area contributed by atoms with Crippen molar-refractivity contribution < 1.29 is 18.7 Å². The highest BCUT2D eigenvalue weighted by molar-refractivity contribution is 14.1. The quantitative estimate of drug-likeness (QED) is 0.289. The first-order chi connectivity index (χ1) is 13.5. The van der Waals surface area contributed by atoms with Crippen LogP contribution in [0, 0.1) is 3.57 Å². The minimum absolute atomic E-state index is 0.0952. The molecule has 0 saturated carbocycles. The number of carbonyl (C=O) groups is 2. The van der Waals surface area contributed by atoms with Crippen LogP contribution >= 0.6 is 34.4 Å². The van der Waals surface area contributed by atoms with Crippen molar-refractivity contribution in [3.8, 4) is 11.5 Å². The molecule has 0 bridgehead atoms. The zero-order chi connectivity index (χ0) is 19.9. The lowest BCUT2D eigenvalue weighted by atomic mass is 10.2. The van der Waals surface area contributed by atoms with Gasteiger partial charge in [-0.25, -0.2) is 4.79 Å². The van der Waals surface area contributed by atoms with Crippen LogP contribution < -0.4 is 5.32 Å². The molecule has 144 valence electrons. The van der Waals surface area contributed by atoms with Crippen molar-refractivity contribution in [2.24, 2.45) is 0 Å². The maximum atomic E-state index is 12.2. The van der Waals surface area contributed by atoms with Crippen molar-refractivity contribution in [3.05, 3.63) is 57.7 Å². The smallest absolute Gasteiger partial charge is 0.338 e. The standard InChI is InChI=1S/C19H16IN3O4S/c1-2-26-18(25)13-4-3-5-15(10-13)21-16(24)11-28-19-23-22-17(27-19)12-6-8-14(20)9-7-12/h3-10H,2,11H2,1H3,(H,21,24). The SMILES string of the molecule is CCOC(=O)c1cccc(NC(=O)CSc2nnc(-c3ccc(I)cc3)o2)c1. The molecular weight excluding hydrogens is 493 g/mol. The van der Waals surface area contributed by atoms with E-state index in [-0.39, 0.29) is 11.7 Å². The Labute approximate surface area is 179 Å². The summed E-state index contributed by atoms with van der Waals surface area (Å²) in [6, 6.07) is 14.3. The molecule has 0 saturated heterocycles. The Balaban J connectivity index is 1.56. The number of ether oxygens (including phenoxy) is 1. The molecule has 28 heavy (non-hydrogen) atoms. The van der Waals surface area contributed by atoms with Crippen LogP contribution in [0.2, 0.25) is 0 Å². The molecule has 0 atom stereocenters. The van der Waals surface area contributed by atoms with Crippen LogP contribution in [0.5, 0.6) is 0 Å². The number of halogens is 1. The number of benzene rings is 2. The molecule has 0 unspecified atom stereocenters. The van der Waals surface area contributed by atoms with Gasteiger partial charge in [-0.05, 0) is 72.0 Å². The maximum Gasteiger partial charge on any atom is 0.338 e. The summed E-state index contributed by atoms with van der Waals surface area (Å²) >= 11 is 3.36. The first-order valence-electron chi connectivity index (χ1n) is 8.34. The fourth-order valence-corrected chi connectivity index (χ4v) is 3.16. The molecule has 0 spiro atoms. The van der Waals surface area contributed by atoms with E-state index in [0.717, 1.165) is 20.9 Å². The number of aromatic nitrogens is 2. The van der Waals surface area contributed by atoms with Gasteiger partial charge in [0.1, 0.15) is 0 Å². The lowest BCUT2D eigenvalue weighted by Gasteiger charge is -2.06. The lowest BCUT2D eigenvalue weighted by Crippen LogP contribution is -2.14. The van der Waals surface area contributed by atoms with E-state index < -0.39 is 5.97 Å². The van der Waals surface area contributed by atoms with Gasteiger partial charge >= 0.3 is 5.97 Å². The van der Waals surface area contributed by atoms with Crippen LogP contribution in [0.1, 0.15) is 17.3 Å². The Bertz CT molecular complexity index is 975. The van der Waals surface area contributed by atoms with Crippen LogP contribution in [0.15, 0.2) is 58.2 Å². The molecule has 0 aliphatic heterocycles. The molecule has 1 amide bonds. The number of rotatable bonds is 7. The van der Waals surface area contributed by atoms with Crippen LogP contribution in [0.3, 0.4) is 0 Å². The minimum atomic E-state index is -0.429. The fourth-order valence-electron chi connectivity index (χ4n) is 2.24. The lowest BCUT2D eigenvalue weighted by molar-refractivity contribution is -0.113. The molecule has 0 fully saturated rings. The number of carbonyl (C=O) groups excluding carboxylic acids is 2. The summed E-state index contributed by atoms with van der Waals surface area (Å²) in [5, 5.41) is 11.0. The molecule has 0 aliphatic rings. The average Bonchev–Trinajstić information content (AvgIpc) is 3.16. The Morgan fingerprint density at radius 3 is 2.71 bits per heavy atom. The summed E-state index contributed by atoms with van der Waals surface area (Å²) in [4.78, 5) is 23.9. The Morgan fingerprint density at radius 1 is 1.18 bits per heavy atom. The van der Waals surface area contributed by atoms with Gasteiger partial charge in [-0.15, -0.1) is 10.2 Å². The van der Waals surface area contributed by atoms with E-state index in [9.17, 15) is 9.59 Å². The molecule has 3 rings (SSSR count). The van der Waals surface area contributed by atoms with Crippen molar-refractivity contribution in [3.63, 3.8) is 0 Å². The van der Waals surface area contributed by atoms with Crippen LogP contribution in [-0.4, -0.2) is 34.4 Å². The largest absolute Gasteiger partial charge is 0.462 e. The van der Waals surface area contributed by atoms with Gasteiger partial charge in [-0.2, -0.15) is 0 Å². The van der Waals surface area contributed by atoms with Gasteiger partial charge in [0.25, 0.3) is 5.22 Å². The number of nitrogens with one attached hydrogen (secondary N) is 1. The summed E-state index contributed by atoms with van der Waals surface area (Å²) < 4.78 is 11.6. The van der Waals surface area contributed by atoms with Crippen molar-refractivity contribution in [2.45, 2.75) is 12.1 Å². The van der Waals surface area contributed by atoms with Crippen LogP contribution in [0.4, 0.5) is 5.69 Å². The normalized spacial score (nSPS) is 10.5. The Kier molecular flexibility index (Phi) is 7.04. The summed E-state index contributed by atoms with van der Waals surface area (Å²) in [6.45, 7) is 2.03. The van der Waals surface area contributed by atoms with Crippen molar-refractivity contribution >= 4 is 51.9 Å². The van der Waals surface area contributed by atoms with Crippen LogP contribution in [0.25, 0.3) is 11.5 Å². The minimum Gasteiger partial charge on any atom is -0.462 e. The molecule has 1 aromatic heterocycles. The fraction of sp³-hybridized carbons (Fsp3) is 0.158. The molecule has 1 heterocycles. The molecule has 3 aromatic rings. The second kappa shape index (κ2) is 9.69. The van der Waals surface area contributed by atoms with E-state index in [1.54, 1.807) is 31.2 Å². The molecule has 9 heteroatoms. The third-order valence-electron chi connectivity index (χ3n) is 3.48. The predicted octanol–water partition coefficient (Wildman–Crippen LogP) is 4.25. The highest BCUT2D eigenvalue weighted by atomic mass is 127.